The maximum atomic E-state index is 3.64. The number of rotatable bonds is 3. The van der Waals surface area contributed by atoms with Crippen LogP contribution in [0.3, 0.4) is 0 Å². The van der Waals surface area contributed by atoms with Crippen molar-refractivity contribution in [2.45, 2.75) is 52.6 Å². The van der Waals surface area contributed by atoms with Gasteiger partial charge in [-0.1, -0.05) is 0 Å². The van der Waals surface area contributed by atoms with Crippen molar-refractivity contribution in [2.24, 2.45) is 0 Å². The third-order valence-electron chi connectivity index (χ3n) is 5.13. The van der Waals surface area contributed by atoms with Crippen LogP contribution in [0.15, 0.2) is 48.6 Å². The molecule has 4 rings (SSSR count). The van der Waals surface area contributed by atoms with Gasteiger partial charge in [0.05, 0.1) is 0 Å². The molecule has 2 aliphatic rings. The van der Waals surface area contributed by atoms with Gasteiger partial charge in [-0.2, -0.15) is 0 Å². The average Bonchev–Trinajstić information content (AvgIpc) is 2.58. The number of hydrogen-bond donors (Lipinski definition) is 2. The molecule has 146 valence electrons. The van der Waals surface area contributed by atoms with E-state index < -0.39 is 0 Å². The van der Waals surface area contributed by atoms with Gasteiger partial charge >= 0.3 is 181 Å². The van der Waals surface area contributed by atoms with Crippen molar-refractivity contribution in [3.05, 3.63) is 59.7 Å². The molecule has 0 saturated carbocycles. The fourth-order valence-electron chi connectivity index (χ4n) is 4.12. The Bertz CT molecular complexity index is 918. The van der Waals surface area contributed by atoms with Crippen LogP contribution < -0.4 is 19.6 Å². The number of fused-ring (bicyclic) bond motifs is 2. The normalized spacial score (nSPS) is 18.8. The molecule has 0 atom stereocenters. The number of benzene rings is 2. The molecule has 2 nitrogen and oxygen atoms in total. The van der Waals surface area contributed by atoms with E-state index in [4.69, 9.17) is 0 Å². The molecule has 2 aliphatic heterocycles. The topological polar surface area (TPSA) is 24.1 Å². The monoisotopic (exact) mass is 504 g/mol. The van der Waals surface area contributed by atoms with Gasteiger partial charge < -0.3 is 0 Å². The van der Waals surface area contributed by atoms with Gasteiger partial charge in [0.1, 0.15) is 0 Å². The van der Waals surface area contributed by atoms with Crippen molar-refractivity contribution in [2.75, 3.05) is 10.6 Å². The summed E-state index contributed by atoms with van der Waals surface area (Å²) in [6.07, 6.45) is 4.68. The molecule has 4 heteroatoms. The summed E-state index contributed by atoms with van der Waals surface area (Å²) in [6, 6.07) is 14.0. The first-order chi connectivity index (χ1) is 13.1. The molecule has 0 spiro atoms. The molecule has 0 aliphatic carbocycles. The zero-order chi connectivity index (χ0) is 20.1. The van der Waals surface area contributed by atoms with E-state index in [2.05, 4.69) is 101 Å². The Morgan fingerprint density at radius 1 is 0.643 bits per heavy atom. The first-order valence-corrected chi connectivity index (χ1v) is 15.8. The Hall–Kier alpha value is -1.44. The second kappa shape index (κ2) is 7.11. The van der Waals surface area contributed by atoms with E-state index in [0.717, 1.165) is 0 Å². The molecular formula is C24H28N2Se2. The van der Waals surface area contributed by atoms with Crippen molar-refractivity contribution in [1.82, 2.24) is 0 Å². The Balaban J connectivity index is 1.52. The van der Waals surface area contributed by atoms with E-state index in [1.54, 1.807) is 0 Å². The van der Waals surface area contributed by atoms with E-state index >= 15 is 0 Å². The second-order valence-electron chi connectivity index (χ2n) is 8.93. The van der Waals surface area contributed by atoms with E-state index in [9.17, 15) is 0 Å². The summed E-state index contributed by atoms with van der Waals surface area (Å²) >= 11 is 0.977. The Morgan fingerprint density at radius 3 is 1.43 bits per heavy atom. The minimum absolute atomic E-state index is 0.0325. The zero-order valence-electron chi connectivity index (χ0n) is 17.4. The molecule has 0 fully saturated rings. The SMILES string of the molecule is CC1=CC(C)(C)Nc2ccc([Se][Se]c3ccc4c(c3)C(C)=CC(C)(C)N4)cc21. The summed E-state index contributed by atoms with van der Waals surface area (Å²) in [4.78, 5) is 0. The summed E-state index contributed by atoms with van der Waals surface area (Å²) in [5.74, 6) is 0. The first-order valence-electron chi connectivity index (χ1n) is 9.71. The fourth-order valence-corrected chi connectivity index (χ4v) is 10.1. The molecular weight excluding hydrogens is 474 g/mol. The van der Waals surface area contributed by atoms with Gasteiger partial charge in [0.25, 0.3) is 0 Å². The molecule has 2 heterocycles. The Labute approximate surface area is 180 Å². The van der Waals surface area contributed by atoms with Crippen molar-refractivity contribution in [3.8, 4) is 0 Å². The molecule has 0 unspecified atom stereocenters. The minimum atomic E-state index is 0.0325. The standard InChI is InChI=1S/C24H28N2Se2/c1-15-13-23(3,4)25-21-9-7-17(11-19(15)21)27-28-18-8-10-22-20(12-18)16(2)14-24(5,6)26-22/h7-14,25-26H,1-6H3. The van der Waals surface area contributed by atoms with Gasteiger partial charge in [0.15, 0.2) is 0 Å². The maximum absolute atomic E-state index is 3.64. The summed E-state index contributed by atoms with van der Waals surface area (Å²) in [6.45, 7) is 13.4. The van der Waals surface area contributed by atoms with Crippen LogP contribution in [0, 0.1) is 0 Å². The van der Waals surface area contributed by atoms with Crippen LogP contribution in [-0.2, 0) is 0 Å². The van der Waals surface area contributed by atoms with Gasteiger partial charge in [0, 0.05) is 0 Å². The van der Waals surface area contributed by atoms with Gasteiger partial charge in [-0.15, -0.1) is 0 Å². The van der Waals surface area contributed by atoms with E-state index in [1.165, 1.54) is 42.6 Å². The van der Waals surface area contributed by atoms with Gasteiger partial charge in [-0.25, -0.2) is 0 Å². The van der Waals surface area contributed by atoms with Crippen LogP contribution in [0.2, 0.25) is 0 Å². The van der Waals surface area contributed by atoms with E-state index in [1.807, 2.05) is 0 Å². The Morgan fingerprint density at radius 2 is 1.04 bits per heavy atom. The molecule has 2 N–H and O–H groups in total. The van der Waals surface area contributed by atoms with Crippen molar-refractivity contribution >= 4 is 57.7 Å². The summed E-state index contributed by atoms with van der Waals surface area (Å²) in [5.41, 5.74) is 8.09. The third-order valence-corrected chi connectivity index (χ3v) is 12.3. The van der Waals surface area contributed by atoms with Crippen LogP contribution in [0.5, 0.6) is 0 Å². The summed E-state index contributed by atoms with van der Waals surface area (Å²) in [5, 5.41) is 7.27. The summed E-state index contributed by atoms with van der Waals surface area (Å²) in [7, 11) is 0. The quantitative estimate of drug-likeness (QED) is 0.616. The molecule has 28 heavy (non-hydrogen) atoms. The second-order valence-corrected chi connectivity index (χ2v) is 15.2. The summed E-state index contributed by atoms with van der Waals surface area (Å²) < 4.78 is 2.98. The molecule has 2 aromatic rings. The number of anilines is 2. The average molecular weight is 502 g/mol. The van der Waals surface area contributed by atoms with Crippen LogP contribution in [0.4, 0.5) is 11.4 Å². The van der Waals surface area contributed by atoms with Crippen LogP contribution in [0.1, 0.15) is 52.7 Å². The molecule has 0 bridgehead atoms. The number of nitrogens with one attached hydrogen (secondary N) is 2. The van der Waals surface area contributed by atoms with Crippen LogP contribution in [0.25, 0.3) is 11.1 Å². The van der Waals surface area contributed by atoms with Gasteiger partial charge in [-0.05, 0) is 0 Å². The molecule has 2 aromatic carbocycles. The first kappa shape index (κ1) is 19.9. The van der Waals surface area contributed by atoms with Gasteiger partial charge in [0.2, 0.25) is 0 Å². The number of hydrogen-bond acceptors (Lipinski definition) is 2. The van der Waals surface area contributed by atoms with Crippen molar-refractivity contribution in [1.29, 1.82) is 0 Å². The van der Waals surface area contributed by atoms with E-state index in [-0.39, 0.29) is 11.1 Å². The van der Waals surface area contributed by atoms with Gasteiger partial charge in [-0.3, -0.25) is 0 Å². The predicted molar refractivity (Wildman–Crippen MR) is 126 cm³/mol. The molecule has 0 aromatic heterocycles. The van der Waals surface area contributed by atoms with E-state index in [0.29, 0.717) is 26.3 Å². The zero-order valence-corrected chi connectivity index (χ0v) is 20.9. The predicted octanol–water partition coefficient (Wildman–Crippen LogP) is 4.18. The Kier molecular flexibility index (Phi) is 5.04. The molecule has 0 amide bonds. The fraction of sp³-hybridized carbons (Fsp3) is 0.333. The molecule has 0 radical (unpaired) electrons. The molecule has 0 saturated heterocycles. The van der Waals surface area contributed by atoms with Crippen molar-refractivity contribution in [3.63, 3.8) is 0 Å². The van der Waals surface area contributed by atoms with Crippen LogP contribution in [-0.4, -0.2) is 37.3 Å². The number of allylic oxidation sites excluding steroid dienone is 2. The van der Waals surface area contributed by atoms with Crippen LogP contribution >= 0.6 is 0 Å². The third kappa shape index (κ3) is 4.11. The van der Waals surface area contributed by atoms with Crippen molar-refractivity contribution < 1.29 is 0 Å².